The lowest BCUT2D eigenvalue weighted by molar-refractivity contribution is -0.146. The van der Waals surface area contributed by atoms with Crippen LogP contribution in [0.3, 0.4) is 0 Å². The number of amides is 2. The van der Waals surface area contributed by atoms with Gasteiger partial charge in [0, 0.05) is 6.04 Å². The van der Waals surface area contributed by atoms with Crippen LogP contribution in [0.25, 0.3) is 0 Å². The maximum absolute atomic E-state index is 12.8. The van der Waals surface area contributed by atoms with Crippen molar-refractivity contribution in [1.29, 1.82) is 0 Å². The molecule has 1 aromatic carbocycles. The van der Waals surface area contributed by atoms with Crippen molar-refractivity contribution >= 4 is 11.8 Å². The Hall–Kier alpha value is -1.72. The van der Waals surface area contributed by atoms with Crippen LogP contribution in [0.15, 0.2) is 30.3 Å². The van der Waals surface area contributed by atoms with Crippen LogP contribution in [0.1, 0.15) is 45.1 Å². The molecule has 0 bridgehead atoms. The number of rotatable bonds is 4. The van der Waals surface area contributed by atoms with Gasteiger partial charge in [-0.3, -0.25) is 14.5 Å². The van der Waals surface area contributed by atoms with E-state index >= 15 is 0 Å². The summed E-state index contributed by atoms with van der Waals surface area (Å²) in [5.74, 6) is -0.377. The van der Waals surface area contributed by atoms with Crippen LogP contribution < -0.4 is 5.73 Å². The van der Waals surface area contributed by atoms with E-state index in [2.05, 4.69) is 0 Å². The van der Waals surface area contributed by atoms with Crippen molar-refractivity contribution in [2.75, 3.05) is 0 Å². The number of nitrogens with zero attached hydrogens (tertiary/aromatic N) is 1. The van der Waals surface area contributed by atoms with Gasteiger partial charge in [-0.1, -0.05) is 30.3 Å². The zero-order chi connectivity index (χ0) is 17.3. The minimum atomic E-state index is -0.828. The third-order valence-corrected chi connectivity index (χ3v) is 5.17. The van der Waals surface area contributed by atoms with Gasteiger partial charge in [0.05, 0.1) is 18.1 Å². The van der Waals surface area contributed by atoms with Gasteiger partial charge in [-0.15, -0.1) is 0 Å². The smallest absolute Gasteiger partial charge is 0.259 e. The van der Waals surface area contributed by atoms with Gasteiger partial charge in [0.15, 0.2) is 6.10 Å². The van der Waals surface area contributed by atoms with E-state index in [4.69, 9.17) is 10.5 Å². The lowest BCUT2D eigenvalue weighted by Gasteiger charge is -2.31. The van der Waals surface area contributed by atoms with Crippen LogP contribution in [0.4, 0.5) is 0 Å². The highest BCUT2D eigenvalue weighted by atomic mass is 16.5. The molecule has 1 saturated carbocycles. The molecule has 2 N–H and O–H groups in total. The number of benzene rings is 1. The maximum Gasteiger partial charge on any atom is 0.259 e. The van der Waals surface area contributed by atoms with Crippen molar-refractivity contribution in [1.82, 2.24) is 4.90 Å². The third kappa shape index (κ3) is 3.23. The van der Waals surface area contributed by atoms with Gasteiger partial charge >= 0.3 is 0 Å². The van der Waals surface area contributed by atoms with Gasteiger partial charge in [-0.25, -0.2) is 0 Å². The summed E-state index contributed by atoms with van der Waals surface area (Å²) in [6.45, 7) is 3.91. The molecule has 1 heterocycles. The number of ether oxygens (including phenoxy) is 1. The Kier molecular flexibility index (Phi) is 4.74. The first-order chi connectivity index (χ1) is 11.4. The number of imide groups is 1. The van der Waals surface area contributed by atoms with Gasteiger partial charge in [0.1, 0.15) is 0 Å². The van der Waals surface area contributed by atoms with Crippen molar-refractivity contribution < 1.29 is 14.3 Å². The van der Waals surface area contributed by atoms with Gasteiger partial charge in [-0.05, 0) is 45.1 Å². The summed E-state index contributed by atoms with van der Waals surface area (Å²) < 4.78 is 6.10. The highest BCUT2D eigenvalue weighted by Crippen LogP contribution is 2.37. The normalized spacial score (nSPS) is 30.0. The van der Waals surface area contributed by atoms with E-state index in [-0.39, 0.29) is 24.0 Å². The second-order valence-corrected chi connectivity index (χ2v) is 7.49. The SMILES string of the molecule is CC1(C)C(=O)N(Cc2ccccc2)C(=O)C1OC1CCC(N)CC1. The molecule has 1 aromatic rings. The van der Waals surface area contributed by atoms with Gasteiger partial charge in [-0.2, -0.15) is 0 Å². The maximum atomic E-state index is 12.8. The summed E-state index contributed by atoms with van der Waals surface area (Å²) in [5, 5.41) is 0. The molecule has 0 radical (unpaired) electrons. The molecule has 2 amide bonds. The first-order valence-corrected chi connectivity index (χ1v) is 8.70. The third-order valence-electron chi connectivity index (χ3n) is 5.17. The molecular formula is C19H26N2O3. The highest BCUT2D eigenvalue weighted by molar-refractivity contribution is 6.08. The minimum Gasteiger partial charge on any atom is -0.364 e. The zero-order valence-corrected chi connectivity index (χ0v) is 14.4. The van der Waals surface area contributed by atoms with Gasteiger partial charge in [0.25, 0.3) is 5.91 Å². The molecule has 2 aliphatic rings. The molecule has 1 saturated heterocycles. The van der Waals surface area contributed by atoms with Crippen LogP contribution >= 0.6 is 0 Å². The van der Waals surface area contributed by atoms with Crippen LogP contribution in [-0.2, 0) is 20.9 Å². The summed E-state index contributed by atoms with van der Waals surface area (Å²) >= 11 is 0. The molecule has 2 fully saturated rings. The number of likely N-dealkylation sites (tertiary alicyclic amines) is 1. The van der Waals surface area contributed by atoms with E-state index in [1.807, 2.05) is 30.3 Å². The van der Waals surface area contributed by atoms with E-state index in [1.54, 1.807) is 13.8 Å². The lowest BCUT2D eigenvalue weighted by Crippen LogP contribution is -2.40. The Bertz CT molecular complexity index is 606. The highest BCUT2D eigenvalue weighted by Gasteiger charge is 2.55. The summed E-state index contributed by atoms with van der Waals surface area (Å²) in [7, 11) is 0. The molecule has 0 aromatic heterocycles. The van der Waals surface area contributed by atoms with Crippen LogP contribution in [0.2, 0.25) is 0 Å². The van der Waals surface area contributed by atoms with E-state index in [9.17, 15) is 9.59 Å². The minimum absolute atomic E-state index is 0.0162. The Morgan fingerprint density at radius 2 is 1.75 bits per heavy atom. The summed E-state index contributed by atoms with van der Waals surface area (Å²) in [6, 6.07) is 9.80. The standard InChI is InChI=1S/C19H26N2O3/c1-19(2)16(24-15-10-8-14(20)9-11-15)17(22)21(18(19)23)12-13-6-4-3-5-7-13/h3-7,14-16H,8-12,20H2,1-2H3. The van der Waals surface area contributed by atoms with E-state index in [0.29, 0.717) is 6.54 Å². The molecule has 1 aliphatic heterocycles. The quantitative estimate of drug-likeness (QED) is 0.859. The molecule has 1 unspecified atom stereocenters. The van der Waals surface area contributed by atoms with Crippen molar-refractivity contribution in [2.45, 2.75) is 64.3 Å². The number of hydrogen-bond acceptors (Lipinski definition) is 4. The molecule has 0 spiro atoms. The predicted octanol–water partition coefficient (Wildman–Crippen LogP) is 2.24. The van der Waals surface area contributed by atoms with Crippen molar-refractivity contribution in [2.24, 2.45) is 11.1 Å². The Labute approximate surface area is 143 Å². The second kappa shape index (κ2) is 6.65. The molecule has 130 valence electrons. The topological polar surface area (TPSA) is 72.6 Å². The molecule has 24 heavy (non-hydrogen) atoms. The van der Waals surface area contributed by atoms with E-state index < -0.39 is 11.5 Å². The zero-order valence-electron chi connectivity index (χ0n) is 14.4. The van der Waals surface area contributed by atoms with E-state index in [1.165, 1.54) is 4.90 Å². The number of carbonyl (C=O) groups excluding carboxylic acids is 2. The first kappa shape index (κ1) is 17.1. The number of carbonyl (C=O) groups is 2. The van der Waals surface area contributed by atoms with E-state index in [0.717, 1.165) is 31.2 Å². The van der Waals surface area contributed by atoms with Crippen molar-refractivity contribution in [3.05, 3.63) is 35.9 Å². The molecule has 5 heteroatoms. The predicted molar refractivity (Wildman–Crippen MR) is 90.9 cm³/mol. The number of nitrogens with two attached hydrogens (primary N) is 1. The molecule has 1 aliphatic carbocycles. The average molecular weight is 330 g/mol. The van der Waals surface area contributed by atoms with Crippen LogP contribution in [0.5, 0.6) is 0 Å². The van der Waals surface area contributed by atoms with Crippen LogP contribution in [-0.4, -0.2) is 35.0 Å². The summed E-state index contributed by atoms with van der Waals surface area (Å²) in [6.07, 6.45) is 2.85. The fourth-order valence-electron chi connectivity index (χ4n) is 3.57. The summed E-state index contributed by atoms with van der Waals surface area (Å²) in [5.41, 5.74) is 6.05. The lowest BCUT2D eigenvalue weighted by atomic mass is 9.87. The Morgan fingerprint density at radius 1 is 1.12 bits per heavy atom. The molecule has 5 nitrogen and oxygen atoms in total. The largest absolute Gasteiger partial charge is 0.364 e. The molecular weight excluding hydrogens is 304 g/mol. The first-order valence-electron chi connectivity index (χ1n) is 8.70. The fourth-order valence-corrected chi connectivity index (χ4v) is 3.57. The average Bonchev–Trinajstić information content (AvgIpc) is 2.72. The second-order valence-electron chi connectivity index (χ2n) is 7.49. The van der Waals surface area contributed by atoms with Crippen molar-refractivity contribution in [3.63, 3.8) is 0 Å². The molecule has 3 rings (SSSR count). The van der Waals surface area contributed by atoms with Gasteiger partial charge < -0.3 is 10.5 Å². The Balaban J connectivity index is 1.73. The summed E-state index contributed by atoms with van der Waals surface area (Å²) in [4.78, 5) is 26.9. The number of hydrogen-bond donors (Lipinski definition) is 1. The monoisotopic (exact) mass is 330 g/mol. The van der Waals surface area contributed by atoms with Crippen molar-refractivity contribution in [3.8, 4) is 0 Å². The van der Waals surface area contributed by atoms with Crippen LogP contribution in [0, 0.1) is 5.41 Å². The Morgan fingerprint density at radius 3 is 2.38 bits per heavy atom. The fraction of sp³-hybridized carbons (Fsp3) is 0.579. The van der Waals surface area contributed by atoms with Gasteiger partial charge in [0.2, 0.25) is 5.91 Å². The molecule has 1 atom stereocenters.